The molecule has 0 heterocycles. The molecule has 122 valence electrons. The molecule has 2 atom stereocenters. The van der Waals surface area contributed by atoms with Gasteiger partial charge >= 0.3 is 5.97 Å². The van der Waals surface area contributed by atoms with Gasteiger partial charge in [0.1, 0.15) is 5.54 Å². The second-order valence-corrected chi connectivity index (χ2v) is 7.22. The highest BCUT2D eigenvalue weighted by molar-refractivity contribution is 5.80. The van der Waals surface area contributed by atoms with Crippen LogP contribution in [0.15, 0.2) is 0 Å². The van der Waals surface area contributed by atoms with Crippen molar-refractivity contribution in [1.29, 1.82) is 0 Å². The fourth-order valence-electron chi connectivity index (χ4n) is 3.52. The lowest BCUT2D eigenvalue weighted by Gasteiger charge is -2.32. The minimum absolute atomic E-state index is 0.223. The number of carboxylic acids is 1. The fraction of sp³-hybridized carbons (Fsp3) is 0.941. The van der Waals surface area contributed by atoms with Crippen molar-refractivity contribution in [3.63, 3.8) is 0 Å². The molecule has 2 N–H and O–H groups in total. The molecule has 2 aliphatic rings. The largest absolute Gasteiger partial charge is 0.480 e. The first-order valence-corrected chi connectivity index (χ1v) is 8.63. The molecule has 0 radical (unpaired) electrons. The molecule has 0 aromatic rings. The highest BCUT2D eigenvalue weighted by Crippen LogP contribution is 2.40. The van der Waals surface area contributed by atoms with Gasteiger partial charge < -0.3 is 9.84 Å². The van der Waals surface area contributed by atoms with E-state index in [1.807, 2.05) is 0 Å². The van der Waals surface area contributed by atoms with Gasteiger partial charge in [0, 0.05) is 19.3 Å². The zero-order chi connectivity index (χ0) is 15.3. The van der Waals surface area contributed by atoms with Crippen LogP contribution in [0.25, 0.3) is 0 Å². The predicted molar refractivity (Wildman–Crippen MR) is 83.4 cm³/mol. The van der Waals surface area contributed by atoms with Gasteiger partial charge in [0.05, 0.1) is 0 Å². The molecule has 0 amide bonds. The van der Waals surface area contributed by atoms with E-state index >= 15 is 0 Å². The molecule has 2 aliphatic carbocycles. The van der Waals surface area contributed by atoms with E-state index in [1.165, 1.54) is 6.42 Å². The molecule has 0 spiro atoms. The van der Waals surface area contributed by atoms with Crippen LogP contribution in [0.5, 0.6) is 0 Å². The zero-order valence-corrected chi connectivity index (χ0v) is 13.6. The highest BCUT2D eigenvalue weighted by Gasteiger charge is 2.50. The average Bonchev–Trinajstić information content (AvgIpc) is 3.13. The topological polar surface area (TPSA) is 58.6 Å². The van der Waals surface area contributed by atoms with Crippen molar-refractivity contribution in [3.05, 3.63) is 0 Å². The van der Waals surface area contributed by atoms with Crippen LogP contribution in [-0.4, -0.2) is 35.9 Å². The first-order chi connectivity index (χ1) is 10.0. The van der Waals surface area contributed by atoms with Gasteiger partial charge in [-0.3, -0.25) is 10.1 Å². The van der Waals surface area contributed by atoms with E-state index in [1.54, 1.807) is 0 Å². The molecule has 2 saturated carbocycles. The quantitative estimate of drug-likeness (QED) is 0.608. The van der Waals surface area contributed by atoms with E-state index in [-0.39, 0.29) is 5.92 Å². The number of rotatable bonds is 10. The molecule has 21 heavy (non-hydrogen) atoms. The lowest BCUT2D eigenvalue weighted by atomic mass is 9.84. The average molecular weight is 297 g/mol. The predicted octanol–water partition coefficient (Wildman–Crippen LogP) is 3.20. The Kier molecular flexibility index (Phi) is 6.06. The number of ether oxygens (including phenoxy) is 1. The molecule has 0 saturated heterocycles. The maximum absolute atomic E-state index is 11.8. The van der Waals surface area contributed by atoms with Crippen molar-refractivity contribution < 1.29 is 14.6 Å². The van der Waals surface area contributed by atoms with Crippen molar-refractivity contribution in [2.45, 2.75) is 76.8 Å². The Bertz CT molecular complexity index is 341. The third-order valence-corrected chi connectivity index (χ3v) is 4.92. The molecule has 2 fully saturated rings. The SMILES string of the molecule is CC(C)CCCOCCC1CCCC1(NC1CC1)C(=O)O. The Hall–Kier alpha value is -0.610. The summed E-state index contributed by atoms with van der Waals surface area (Å²) < 4.78 is 5.72. The van der Waals surface area contributed by atoms with Crippen LogP contribution in [-0.2, 0) is 9.53 Å². The molecule has 4 heteroatoms. The third kappa shape index (κ3) is 4.68. The van der Waals surface area contributed by atoms with E-state index in [0.29, 0.717) is 12.6 Å². The second-order valence-electron chi connectivity index (χ2n) is 7.22. The summed E-state index contributed by atoms with van der Waals surface area (Å²) in [7, 11) is 0. The first kappa shape index (κ1) is 16.8. The highest BCUT2D eigenvalue weighted by atomic mass is 16.5. The number of carbonyl (C=O) groups is 1. The molecule has 2 unspecified atom stereocenters. The molecular formula is C17H31NO3. The Labute approximate surface area is 128 Å². The van der Waals surface area contributed by atoms with E-state index in [4.69, 9.17) is 4.74 Å². The summed E-state index contributed by atoms with van der Waals surface area (Å²) in [5.41, 5.74) is -0.678. The van der Waals surface area contributed by atoms with Crippen molar-refractivity contribution in [2.24, 2.45) is 11.8 Å². The Morgan fingerprint density at radius 3 is 2.71 bits per heavy atom. The number of nitrogens with one attached hydrogen (secondary N) is 1. The standard InChI is InChI=1S/C17H31NO3/c1-13(2)5-4-11-21-12-9-14-6-3-10-17(14,16(19)20)18-15-7-8-15/h13-15,18H,3-12H2,1-2H3,(H,19,20). The summed E-state index contributed by atoms with van der Waals surface area (Å²) in [5.74, 6) is 0.295. The van der Waals surface area contributed by atoms with Gasteiger partial charge in [0.15, 0.2) is 0 Å². The molecular weight excluding hydrogens is 266 g/mol. The summed E-state index contributed by atoms with van der Waals surface area (Å²) in [6.45, 7) is 5.96. The van der Waals surface area contributed by atoms with Crippen molar-refractivity contribution in [2.75, 3.05) is 13.2 Å². The van der Waals surface area contributed by atoms with Gasteiger partial charge in [0.25, 0.3) is 0 Å². The maximum Gasteiger partial charge on any atom is 0.324 e. The van der Waals surface area contributed by atoms with E-state index in [0.717, 1.165) is 57.5 Å². The lowest BCUT2D eigenvalue weighted by Crippen LogP contribution is -2.55. The van der Waals surface area contributed by atoms with Crippen molar-refractivity contribution >= 4 is 5.97 Å². The van der Waals surface area contributed by atoms with Crippen LogP contribution in [0.1, 0.15) is 65.2 Å². The molecule has 0 aromatic heterocycles. The van der Waals surface area contributed by atoms with E-state index in [2.05, 4.69) is 19.2 Å². The zero-order valence-electron chi connectivity index (χ0n) is 13.6. The Morgan fingerprint density at radius 1 is 1.33 bits per heavy atom. The van der Waals surface area contributed by atoms with Gasteiger partial charge in [-0.25, -0.2) is 0 Å². The van der Waals surface area contributed by atoms with E-state index in [9.17, 15) is 9.90 Å². The van der Waals surface area contributed by atoms with Crippen molar-refractivity contribution in [3.8, 4) is 0 Å². The number of aliphatic carboxylic acids is 1. The summed E-state index contributed by atoms with van der Waals surface area (Å²) >= 11 is 0. The van der Waals surface area contributed by atoms with Crippen LogP contribution < -0.4 is 5.32 Å². The maximum atomic E-state index is 11.8. The number of hydrogen-bond donors (Lipinski definition) is 2. The van der Waals surface area contributed by atoms with Crippen LogP contribution in [0.3, 0.4) is 0 Å². The Balaban J connectivity index is 1.73. The summed E-state index contributed by atoms with van der Waals surface area (Å²) in [6.07, 6.45) is 8.25. The van der Waals surface area contributed by atoms with Gasteiger partial charge in [-0.2, -0.15) is 0 Å². The fourth-order valence-corrected chi connectivity index (χ4v) is 3.52. The minimum Gasteiger partial charge on any atom is -0.480 e. The van der Waals surface area contributed by atoms with Gasteiger partial charge in [-0.1, -0.05) is 20.3 Å². The smallest absolute Gasteiger partial charge is 0.324 e. The first-order valence-electron chi connectivity index (χ1n) is 8.63. The number of carboxylic acid groups (broad SMARTS) is 1. The van der Waals surface area contributed by atoms with E-state index < -0.39 is 11.5 Å². The summed E-state index contributed by atoms with van der Waals surface area (Å²) in [4.78, 5) is 11.8. The molecule has 0 aromatic carbocycles. The van der Waals surface area contributed by atoms with Crippen LogP contribution in [0, 0.1) is 11.8 Å². The molecule has 4 nitrogen and oxygen atoms in total. The van der Waals surface area contributed by atoms with Gasteiger partial charge in [0.2, 0.25) is 0 Å². The normalized spacial score (nSPS) is 29.2. The van der Waals surface area contributed by atoms with Crippen molar-refractivity contribution in [1.82, 2.24) is 5.32 Å². The summed E-state index contributed by atoms with van der Waals surface area (Å²) in [5, 5.41) is 13.1. The number of hydrogen-bond acceptors (Lipinski definition) is 3. The summed E-state index contributed by atoms with van der Waals surface area (Å²) in [6, 6.07) is 0.439. The third-order valence-electron chi connectivity index (χ3n) is 4.92. The molecule has 0 aliphatic heterocycles. The lowest BCUT2D eigenvalue weighted by molar-refractivity contribution is -0.147. The Morgan fingerprint density at radius 2 is 2.10 bits per heavy atom. The van der Waals surface area contributed by atoms with Gasteiger partial charge in [-0.15, -0.1) is 0 Å². The second kappa shape index (κ2) is 7.59. The van der Waals surface area contributed by atoms with Crippen LogP contribution >= 0.6 is 0 Å². The minimum atomic E-state index is -0.678. The monoisotopic (exact) mass is 297 g/mol. The van der Waals surface area contributed by atoms with Crippen LogP contribution in [0.2, 0.25) is 0 Å². The van der Waals surface area contributed by atoms with Crippen LogP contribution in [0.4, 0.5) is 0 Å². The molecule has 0 bridgehead atoms. The van der Waals surface area contributed by atoms with Gasteiger partial charge in [-0.05, 0) is 56.8 Å². The molecule has 2 rings (SSSR count).